The van der Waals surface area contributed by atoms with Crippen LogP contribution in [-0.4, -0.2) is 29.1 Å². The van der Waals surface area contributed by atoms with Gasteiger partial charge in [-0.15, -0.1) is 0 Å². The number of urea groups is 1. The molecule has 2 N–H and O–H groups in total. The molecule has 0 spiro atoms. The van der Waals surface area contributed by atoms with Crippen molar-refractivity contribution in [3.8, 4) is 11.3 Å². The van der Waals surface area contributed by atoms with Crippen molar-refractivity contribution in [3.63, 3.8) is 0 Å². The lowest BCUT2D eigenvalue weighted by molar-refractivity contribution is 0.262. The van der Waals surface area contributed by atoms with E-state index in [0.29, 0.717) is 11.4 Å². The van der Waals surface area contributed by atoms with Gasteiger partial charge in [0.15, 0.2) is 0 Å². The fraction of sp³-hybridized carbons (Fsp3) is 0.190. The van der Waals surface area contributed by atoms with Gasteiger partial charge in [0.25, 0.3) is 0 Å². The Kier molecular flexibility index (Phi) is 5.14. The number of amides is 2. The van der Waals surface area contributed by atoms with Gasteiger partial charge in [0.2, 0.25) is 5.95 Å². The maximum atomic E-state index is 13.0. The predicted octanol–water partition coefficient (Wildman–Crippen LogP) is 4.53. The summed E-state index contributed by atoms with van der Waals surface area (Å²) in [6.07, 6.45) is 4.09. The van der Waals surface area contributed by atoms with E-state index in [4.69, 9.17) is 0 Å². The van der Waals surface area contributed by atoms with Gasteiger partial charge >= 0.3 is 6.03 Å². The van der Waals surface area contributed by atoms with E-state index in [-0.39, 0.29) is 5.82 Å². The standard InChI is InChI=1S/C21H20FN5O/c22-16-6-8-17(9-7-16)24-21(28)25-18-5-3-4-15(14-18)19-10-11-23-20(26-19)27-12-1-2-13-27/h3-11,14H,1-2,12-13H2,(H2,24,25,28). The summed E-state index contributed by atoms with van der Waals surface area (Å²) in [7, 11) is 0. The molecule has 0 radical (unpaired) electrons. The first-order valence-electron chi connectivity index (χ1n) is 9.19. The van der Waals surface area contributed by atoms with Crippen LogP contribution in [0.15, 0.2) is 60.8 Å². The molecule has 0 unspecified atom stereocenters. The molecule has 0 saturated carbocycles. The van der Waals surface area contributed by atoms with Crippen LogP contribution in [-0.2, 0) is 0 Å². The minimum atomic E-state index is -0.399. The number of benzene rings is 2. The molecule has 0 bridgehead atoms. The topological polar surface area (TPSA) is 70.2 Å². The first-order chi connectivity index (χ1) is 13.7. The Morgan fingerprint density at radius 3 is 2.50 bits per heavy atom. The zero-order chi connectivity index (χ0) is 19.3. The van der Waals surface area contributed by atoms with Gasteiger partial charge in [0.05, 0.1) is 5.69 Å². The lowest BCUT2D eigenvalue weighted by Crippen LogP contribution is -2.20. The lowest BCUT2D eigenvalue weighted by atomic mass is 10.1. The van der Waals surface area contributed by atoms with E-state index in [1.807, 2.05) is 24.3 Å². The number of rotatable bonds is 4. The minimum Gasteiger partial charge on any atom is -0.341 e. The molecule has 2 amide bonds. The average molecular weight is 377 g/mol. The Hall–Kier alpha value is -3.48. The van der Waals surface area contributed by atoms with Crippen LogP contribution in [0.1, 0.15) is 12.8 Å². The van der Waals surface area contributed by atoms with E-state index in [1.165, 1.54) is 24.3 Å². The summed E-state index contributed by atoms with van der Waals surface area (Å²) in [4.78, 5) is 23.4. The van der Waals surface area contributed by atoms with Crippen LogP contribution in [0.4, 0.5) is 26.5 Å². The van der Waals surface area contributed by atoms with E-state index < -0.39 is 6.03 Å². The molecule has 2 aromatic carbocycles. The molecule has 28 heavy (non-hydrogen) atoms. The molecule has 1 fully saturated rings. The summed E-state index contributed by atoms with van der Waals surface area (Å²) in [6, 6.07) is 14.5. The molecule has 2 heterocycles. The second-order valence-corrected chi connectivity index (χ2v) is 6.60. The van der Waals surface area contributed by atoms with E-state index in [2.05, 4.69) is 25.5 Å². The van der Waals surface area contributed by atoms with E-state index in [0.717, 1.165) is 43.1 Å². The first-order valence-corrected chi connectivity index (χ1v) is 9.19. The van der Waals surface area contributed by atoms with Crippen molar-refractivity contribution in [1.82, 2.24) is 9.97 Å². The highest BCUT2D eigenvalue weighted by atomic mass is 19.1. The van der Waals surface area contributed by atoms with Crippen molar-refractivity contribution in [2.75, 3.05) is 28.6 Å². The number of carbonyl (C=O) groups is 1. The number of nitrogens with zero attached hydrogens (tertiary/aromatic N) is 3. The Morgan fingerprint density at radius 2 is 1.71 bits per heavy atom. The van der Waals surface area contributed by atoms with Crippen molar-refractivity contribution in [2.24, 2.45) is 0 Å². The van der Waals surface area contributed by atoms with Crippen LogP contribution in [0.5, 0.6) is 0 Å². The Bertz CT molecular complexity index is 971. The summed E-state index contributed by atoms with van der Waals surface area (Å²) in [6.45, 7) is 1.96. The molecule has 1 aliphatic rings. The van der Waals surface area contributed by atoms with Crippen LogP contribution in [0.3, 0.4) is 0 Å². The van der Waals surface area contributed by atoms with Gasteiger partial charge in [-0.25, -0.2) is 19.2 Å². The van der Waals surface area contributed by atoms with Crippen molar-refractivity contribution in [2.45, 2.75) is 12.8 Å². The highest BCUT2D eigenvalue weighted by Crippen LogP contribution is 2.24. The third-order valence-electron chi connectivity index (χ3n) is 4.55. The van der Waals surface area contributed by atoms with Crippen LogP contribution < -0.4 is 15.5 Å². The zero-order valence-corrected chi connectivity index (χ0v) is 15.2. The van der Waals surface area contributed by atoms with Gasteiger partial charge in [0.1, 0.15) is 5.82 Å². The number of hydrogen-bond acceptors (Lipinski definition) is 4. The monoisotopic (exact) mass is 377 g/mol. The van der Waals surface area contributed by atoms with Gasteiger partial charge in [0, 0.05) is 36.2 Å². The minimum absolute atomic E-state index is 0.350. The number of hydrogen-bond donors (Lipinski definition) is 2. The normalized spacial score (nSPS) is 13.4. The zero-order valence-electron chi connectivity index (χ0n) is 15.2. The molecule has 0 atom stereocenters. The van der Waals surface area contributed by atoms with Crippen molar-refractivity contribution in [1.29, 1.82) is 0 Å². The average Bonchev–Trinajstić information content (AvgIpc) is 3.25. The molecule has 7 heteroatoms. The van der Waals surface area contributed by atoms with E-state index in [9.17, 15) is 9.18 Å². The van der Waals surface area contributed by atoms with Crippen LogP contribution in [0, 0.1) is 5.82 Å². The van der Waals surface area contributed by atoms with Gasteiger partial charge in [-0.1, -0.05) is 12.1 Å². The Morgan fingerprint density at radius 1 is 0.964 bits per heavy atom. The summed E-state index contributed by atoms with van der Waals surface area (Å²) in [5.41, 5.74) is 2.85. The predicted molar refractivity (Wildman–Crippen MR) is 108 cm³/mol. The number of halogens is 1. The maximum absolute atomic E-state index is 13.0. The second kappa shape index (κ2) is 8.04. The van der Waals surface area contributed by atoms with Crippen LogP contribution >= 0.6 is 0 Å². The highest BCUT2D eigenvalue weighted by molar-refractivity contribution is 6.00. The third kappa shape index (κ3) is 4.25. The largest absolute Gasteiger partial charge is 0.341 e. The van der Waals surface area contributed by atoms with Gasteiger partial charge < -0.3 is 15.5 Å². The molecule has 1 aliphatic heterocycles. The van der Waals surface area contributed by atoms with Gasteiger partial charge in [-0.05, 0) is 55.3 Å². The molecule has 6 nitrogen and oxygen atoms in total. The molecule has 1 aromatic heterocycles. The Labute approximate surface area is 162 Å². The summed E-state index contributed by atoms with van der Waals surface area (Å²) in [5.74, 6) is 0.388. The van der Waals surface area contributed by atoms with Crippen molar-refractivity contribution in [3.05, 3.63) is 66.6 Å². The summed E-state index contributed by atoms with van der Waals surface area (Å²) >= 11 is 0. The van der Waals surface area contributed by atoms with Gasteiger partial charge in [-0.3, -0.25) is 0 Å². The molecule has 4 rings (SSSR count). The van der Waals surface area contributed by atoms with Crippen molar-refractivity contribution < 1.29 is 9.18 Å². The smallest absolute Gasteiger partial charge is 0.323 e. The third-order valence-corrected chi connectivity index (χ3v) is 4.55. The second-order valence-electron chi connectivity index (χ2n) is 6.60. The van der Waals surface area contributed by atoms with Crippen molar-refractivity contribution >= 4 is 23.4 Å². The van der Waals surface area contributed by atoms with E-state index in [1.54, 1.807) is 12.3 Å². The summed E-state index contributed by atoms with van der Waals surface area (Å²) in [5, 5.41) is 5.46. The molecule has 0 aliphatic carbocycles. The fourth-order valence-corrected chi connectivity index (χ4v) is 3.16. The number of carbonyl (C=O) groups excluding carboxylic acids is 1. The first kappa shape index (κ1) is 17.9. The number of nitrogens with one attached hydrogen (secondary N) is 2. The highest BCUT2D eigenvalue weighted by Gasteiger charge is 2.15. The number of aromatic nitrogens is 2. The summed E-state index contributed by atoms with van der Waals surface area (Å²) < 4.78 is 13.0. The molecular formula is C21H20FN5O. The SMILES string of the molecule is O=C(Nc1ccc(F)cc1)Nc1cccc(-c2ccnc(N3CCCC3)n2)c1. The van der Waals surface area contributed by atoms with Crippen LogP contribution in [0.25, 0.3) is 11.3 Å². The van der Waals surface area contributed by atoms with Gasteiger partial charge in [-0.2, -0.15) is 0 Å². The van der Waals surface area contributed by atoms with E-state index >= 15 is 0 Å². The maximum Gasteiger partial charge on any atom is 0.323 e. The van der Waals surface area contributed by atoms with Crippen LogP contribution in [0.2, 0.25) is 0 Å². The number of anilines is 3. The quantitative estimate of drug-likeness (QED) is 0.701. The molecule has 3 aromatic rings. The molecular weight excluding hydrogens is 357 g/mol. The Balaban J connectivity index is 1.47. The lowest BCUT2D eigenvalue weighted by Gasteiger charge is -2.15. The fourth-order valence-electron chi connectivity index (χ4n) is 3.16. The molecule has 1 saturated heterocycles. The molecule has 142 valence electrons.